The average molecular weight is 642 g/mol. The average Bonchev–Trinajstić information content (AvgIpc) is 3.36. The summed E-state index contributed by atoms with van der Waals surface area (Å²) in [7, 11) is 0. The minimum Gasteiger partial charge on any atom is -0.381 e. The van der Waals surface area contributed by atoms with E-state index in [2.05, 4.69) is 46.4 Å². The summed E-state index contributed by atoms with van der Waals surface area (Å²) in [5, 5.41) is 3.04. The molecule has 2 aromatic carbocycles. The van der Waals surface area contributed by atoms with E-state index in [4.69, 9.17) is 9.47 Å². The molecule has 0 bridgehead atoms. The van der Waals surface area contributed by atoms with Gasteiger partial charge in [-0.25, -0.2) is 4.79 Å². The van der Waals surface area contributed by atoms with E-state index in [9.17, 15) is 14.4 Å². The van der Waals surface area contributed by atoms with Crippen LogP contribution in [0.2, 0.25) is 0 Å². The van der Waals surface area contributed by atoms with Crippen LogP contribution in [0, 0.1) is 20.8 Å². The Morgan fingerprint density at radius 3 is 2.28 bits per heavy atom. The maximum Gasteiger partial charge on any atom is 0.329 e. The Balaban J connectivity index is 1.44. The van der Waals surface area contributed by atoms with Crippen molar-refractivity contribution in [1.29, 1.82) is 0 Å². The summed E-state index contributed by atoms with van der Waals surface area (Å²) in [5.41, 5.74) is 8.14. The number of H-pyrrole nitrogens is 1. The third-order valence-corrected chi connectivity index (χ3v) is 9.99. The van der Waals surface area contributed by atoms with Gasteiger partial charge in [-0.3, -0.25) is 18.7 Å². The lowest BCUT2D eigenvalue weighted by atomic mass is 9.95. The zero-order valence-corrected chi connectivity index (χ0v) is 28.3. The van der Waals surface area contributed by atoms with Gasteiger partial charge in [0.2, 0.25) is 0 Å². The highest BCUT2D eigenvalue weighted by Crippen LogP contribution is 2.35. The lowest BCUT2D eigenvalue weighted by Gasteiger charge is -2.37. The Morgan fingerprint density at radius 1 is 0.915 bits per heavy atom. The van der Waals surface area contributed by atoms with Crippen molar-refractivity contribution < 1.29 is 14.3 Å². The first-order chi connectivity index (χ1) is 22.7. The molecule has 2 aliphatic rings. The maximum absolute atomic E-state index is 14.0. The standard InChI is InChI=1S/C37H47N5O5/c1-6-40(28-10-14-46-15-11-28)33-21-27(19-30(25(33)5)35(43)38-22-31-23(3)18-24(4)39-36(31)44)26-8-9-32-34(20-26)41(7-2)37(45)42(32)29-12-16-47-17-13-29/h8-9,18-21,28-29H,6-7,10-17,22H2,1-5H3,(H,38,43)(H,39,44). The second kappa shape index (κ2) is 13.9. The number of hydrogen-bond acceptors (Lipinski definition) is 6. The number of carbonyl (C=O) groups excluding carboxylic acids is 1. The lowest BCUT2D eigenvalue weighted by Crippen LogP contribution is -2.40. The van der Waals surface area contributed by atoms with Crippen LogP contribution in [0.15, 0.2) is 46.0 Å². The zero-order valence-electron chi connectivity index (χ0n) is 28.3. The SMILES string of the molecule is CCN(c1cc(-c2ccc3c(c2)n(CC)c(=O)n3C2CCOCC2)cc(C(=O)NCc2c(C)cc(C)[nH]c2=O)c1C)C1CCOCC1. The molecule has 4 aromatic rings. The molecule has 250 valence electrons. The summed E-state index contributed by atoms with van der Waals surface area (Å²) in [6, 6.07) is 12.7. The van der Waals surface area contributed by atoms with Crippen LogP contribution in [0.25, 0.3) is 22.2 Å². The van der Waals surface area contributed by atoms with Crippen LogP contribution >= 0.6 is 0 Å². The monoisotopic (exact) mass is 641 g/mol. The predicted octanol–water partition coefficient (Wildman–Crippen LogP) is 5.39. The van der Waals surface area contributed by atoms with Gasteiger partial charge in [0.1, 0.15) is 0 Å². The van der Waals surface area contributed by atoms with Crippen molar-refractivity contribution >= 4 is 22.6 Å². The van der Waals surface area contributed by atoms with Gasteiger partial charge in [-0.2, -0.15) is 0 Å². The Morgan fingerprint density at radius 2 is 1.62 bits per heavy atom. The van der Waals surface area contributed by atoms with Gasteiger partial charge in [0.05, 0.1) is 11.0 Å². The first-order valence-corrected chi connectivity index (χ1v) is 17.0. The number of nitrogens with one attached hydrogen (secondary N) is 2. The fraction of sp³-hybridized carbons (Fsp3) is 0.486. The van der Waals surface area contributed by atoms with Crippen molar-refractivity contribution in [3.05, 3.63) is 85.2 Å². The van der Waals surface area contributed by atoms with E-state index < -0.39 is 0 Å². The Hall–Kier alpha value is -4.15. The number of benzene rings is 2. The fourth-order valence-electron chi connectivity index (χ4n) is 7.45. The van der Waals surface area contributed by atoms with Gasteiger partial charge >= 0.3 is 5.69 Å². The summed E-state index contributed by atoms with van der Waals surface area (Å²) in [6.07, 6.45) is 3.47. The highest BCUT2D eigenvalue weighted by molar-refractivity contribution is 5.99. The highest BCUT2D eigenvalue weighted by atomic mass is 16.5. The smallest absolute Gasteiger partial charge is 0.329 e. The third kappa shape index (κ3) is 6.41. The van der Waals surface area contributed by atoms with Crippen molar-refractivity contribution in [2.75, 3.05) is 37.9 Å². The van der Waals surface area contributed by atoms with Crippen molar-refractivity contribution in [1.82, 2.24) is 19.4 Å². The van der Waals surface area contributed by atoms with E-state index >= 15 is 0 Å². The van der Waals surface area contributed by atoms with Crippen LogP contribution in [-0.4, -0.2) is 59.0 Å². The number of aryl methyl sites for hydroxylation is 3. The number of hydrogen-bond donors (Lipinski definition) is 2. The first kappa shape index (κ1) is 32.8. The molecular weight excluding hydrogens is 594 g/mol. The molecule has 2 aromatic heterocycles. The molecule has 0 atom stereocenters. The van der Waals surface area contributed by atoms with E-state index in [0.717, 1.165) is 76.9 Å². The molecule has 10 nitrogen and oxygen atoms in total. The van der Waals surface area contributed by atoms with Gasteiger partial charge in [-0.05, 0) is 113 Å². The molecule has 2 fully saturated rings. The Kier molecular flexibility index (Phi) is 9.70. The minimum atomic E-state index is -0.231. The van der Waals surface area contributed by atoms with Gasteiger partial charge in [0.25, 0.3) is 11.5 Å². The van der Waals surface area contributed by atoms with Crippen LogP contribution < -0.4 is 21.5 Å². The van der Waals surface area contributed by atoms with Gasteiger partial charge < -0.3 is 24.7 Å². The Labute approximate surface area is 275 Å². The fourth-order valence-corrected chi connectivity index (χ4v) is 7.45. The number of aromatic nitrogens is 3. The number of aromatic amines is 1. The number of pyridine rings is 1. The maximum atomic E-state index is 14.0. The summed E-state index contributed by atoms with van der Waals surface area (Å²) in [4.78, 5) is 45.6. The molecule has 6 rings (SSSR count). The number of anilines is 1. The van der Waals surface area contributed by atoms with Crippen LogP contribution in [0.4, 0.5) is 5.69 Å². The summed E-state index contributed by atoms with van der Waals surface area (Å²) >= 11 is 0. The van der Waals surface area contributed by atoms with Crippen molar-refractivity contribution in [2.45, 2.75) is 85.5 Å². The number of ether oxygens (including phenoxy) is 2. The minimum absolute atomic E-state index is 0.00859. The van der Waals surface area contributed by atoms with E-state index in [1.165, 1.54) is 0 Å². The quantitative estimate of drug-likeness (QED) is 0.254. The summed E-state index contributed by atoms with van der Waals surface area (Å²) in [6.45, 7) is 14.1. The molecule has 0 unspecified atom stereocenters. The second-order valence-corrected chi connectivity index (χ2v) is 12.9. The number of nitrogens with zero attached hydrogens (tertiary/aromatic N) is 3. The molecule has 2 aliphatic heterocycles. The molecular formula is C37H47N5O5. The third-order valence-electron chi connectivity index (χ3n) is 9.99. The number of imidazole rings is 1. The molecule has 1 amide bonds. The molecule has 4 heterocycles. The van der Waals surface area contributed by atoms with Gasteiger partial charge in [0, 0.05) is 80.7 Å². The highest BCUT2D eigenvalue weighted by Gasteiger charge is 2.26. The normalized spacial score (nSPS) is 16.1. The van der Waals surface area contributed by atoms with Crippen LogP contribution in [0.3, 0.4) is 0 Å². The molecule has 0 spiro atoms. The van der Waals surface area contributed by atoms with Crippen LogP contribution in [0.5, 0.6) is 0 Å². The number of fused-ring (bicyclic) bond motifs is 1. The lowest BCUT2D eigenvalue weighted by molar-refractivity contribution is 0.0696. The number of amides is 1. The van der Waals surface area contributed by atoms with Gasteiger partial charge in [0.15, 0.2) is 0 Å². The zero-order chi connectivity index (χ0) is 33.2. The first-order valence-electron chi connectivity index (χ1n) is 17.0. The summed E-state index contributed by atoms with van der Waals surface area (Å²) < 4.78 is 15.1. The van der Waals surface area contributed by atoms with Crippen molar-refractivity contribution in [2.24, 2.45) is 0 Å². The molecule has 2 saturated heterocycles. The van der Waals surface area contributed by atoms with E-state index in [0.29, 0.717) is 50.1 Å². The largest absolute Gasteiger partial charge is 0.381 e. The van der Waals surface area contributed by atoms with Crippen molar-refractivity contribution in [3.63, 3.8) is 0 Å². The van der Waals surface area contributed by atoms with Crippen LogP contribution in [0.1, 0.15) is 78.3 Å². The van der Waals surface area contributed by atoms with E-state index in [1.54, 1.807) is 0 Å². The van der Waals surface area contributed by atoms with Gasteiger partial charge in [-0.15, -0.1) is 0 Å². The topological polar surface area (TPSA) is 111 Å². The molecule has 0 radical (unpaired) electrons. The second-order valence-electron chi connectivity index (χ2n) is 12.9. The molecule has 10 heteroatoms. The predicted molar refractivity (Wildman–Crippen MR) is 186 cm³/mol. The van der Waals surface area contributed by atoms with Gasteiger partial charge in [-0.1, -0.05) is 6.07 Å². The van der Waals surface area contributed by atoms with E-state index in [1.807, 2.05) is 49.0 Å². The molecule has 47 heavy (non-hydrogen) atoms. The molecule has 0 aliphatic carbocycles. The summed E-state index contributed by atoms with van der Waals surface area (Å²) in [5.74, 6) is -0.231. The molecule has 0 saturated carbocycles. The number of rotatable bonds is 9. The Bertz CT molecular complexity index is 1890. The van der Waals surface area contributed by atoms with Crippen molar-refractivity contribution in [3.8, 4) is 11.1 Å². The van der Waals surface area contributed by atoms with Crippen LogP contribution in [-0.2, 0) is 22.6 Å². The molecule has 2 N–H and O–H groups in total. The number of carbonyl (C=O) groups is 1. The van der Waals surface area contributed by atoms with E-state index in [-0.39, 0.29) is 29.7 Å².